The number of benzene rings is 1. The van der Waals surface area contributed by atoms with Crippen molar-refractivity contribution in [2.24, 2.45) is 0 Å². The molecule has 1 N–H and O–H groups in total. The van der Waals surface area contributed by atoms with Gasteiger partial charge in [-0.15, -0.1) is 0 Å². The summed E-state index contributed by atoms with van der Waals surface area (Å²) in [5.74, 6) is -0.208. The molecule has 2 aliphatic rings. The van der Waals surface area contributed by atoms with Gasteiger partial charge in [0.15, 0.2) is 0 Å². The topological polar surface area (TPSA) is 40.5 Å². The van der Waals surface area contributed by atoms with Crippen molar-refractivity contribution in [1.29, 1.82) is 0 Å². The highest BCUT2D eigenvalue weighted by atomic mass is 16.4. The van der Waals surface area contributed by atoms with Gasteiger partial charge in [0.25, 0.3) is 0 Å². The molecule has 1 aromatic rings. The maximum atomic E-state index is 12.1. The van der Waals surface area contributed by atoms with Crippen LogP contribution in [0, 0.1) is 0 Å². The van der Waals surface area contributed by atoms with Gasteiger partial charge in [0, 0.05) is 0 Å². The molecule has 1 fully saturated rings. The Morgan fingerprint density at radius 1 is 1.32 bits per heavy atom. The highest BCUT2D eigenvalue weighted by molar-refractivity contribution is 5.82. The number of carbonyl (C=O) groups is 1. The molecule has 1 aromatic carbocycles. The van der Waals surface area contributed by atoms with Crippen LogP contribution in [-0.4, -0.2) is 29.1 Å². The first kappa shape index (κ1) is 12.7. The van der Waals surface area contributed by atoms with Crippen molar-refractivity contribution in [3.8, 4) is 0 Å². The number of hydrogen-bond donors (Lipinski definition) is 1. The summed E-state index contributed by atoms with van der Waals surface area (Å²) >= 11 is 0. The third kappa shape index (κ3) is 1.79. The zero-order valence-electron chi connectivity index (χ0n) is 11.4. The van der Waals surface area contributed by atoms with Crippen LogP contribution in [0.4, 0.5) is 0 Å². The quantitative estimate of drug-likeness (QED) is 0.887. The molecule has 0 amide bonds. The van der Waals surface area contributed by atoms with E-state index < -0.39 is 11.5 Å². The zero-order chi connectivity index (χ0) is 13.5. The number of likely N-dealkylation sites (tertiary alicyclic amines) is 1. The Balaban J connectivity index is 2.15. The number of carboxylic acids is 1. The third-order valence-corrected chi connectivity index (χ3v) is 4.88. The summed E-state index contributed by atoms with van der Waals surface area (Å²) in [6.45, 7) is 4.03. The second-order valence-corrected chi connectivity index (χ2v) is 5.89. The summed E-state index contributed by atoms with van der Waals surface area (Å²) < 4.78 is 0. The molecule has 1 aliphatic carbocycles. The van der Waals surface area contributed by atoms with Crippen LogP contribution in [0.2, 0.25) is 0 Å². The minimum atomic E-state index is -0.778. The van der Waals surface area contributed by atoms with Gasteiger partial charge in [-0.2, -0.15) is 0 Å². The molecular weight excluding hydrogens is 238 g/mol. The standard InChI is InChI=1S/C16H21NO2/c1-12-8-9-16(15(18)19,17-10-4-5-11-17)14-7-3-2-6-13(12)14/h2-3,6-7,12H,4-5,8-11H2,1H3,(H,18,19). The van der Waals surface area contributed by atoms with Gasteiger partial charge in [0.05, 0.1) is 0 Å². The number of hydrogen-bond acceptors (Lipinski definition) is 2. The molecule has 2 atom stereocenters. The summed E-state index contributed by atoms with van der Waals surface area (Å²) in [5, 5.41) is 9.94. The Morgan fingerprint density at radius 3 is 2.68 bits per heavy atom. The van der Waals surface area contributed by atoms with E-state index in [4.69, 9.17) is 0 Å². The molecule has 0 saturated carbocycles. The van der Waals surface area contributed by atoms with Crippen molar-refractivity contribution in [2.75, 3.05) is 13.1 Å². The first-order chi connectivity index (χ1) is 9.16. The first-order valence-corrected chi connectivity index (χ1v) is 7.24. The molecule has 19 heavy (non-hydrogen) atoms. The van der Waals surface area contributed by atoms with Gasteiger partial charge in [-0.3, -0.25) is 4.90 Å². The molecule has 1 saturated heterocycles. The van der Waals surface area contributed by atoms with Crippen molar-refractivity contribution >= 4 is 5.97 Å². The van der Waals surface area contributed by atoms with Crippen LogP contribution in [0.15, 0.2) is 24.3 Å². The number of aliphatic carboxylic acids is 1. The summed E-state index contributed by atoms with van der Waals surface area (Å²) in [4.78, 5) is 14.3. The minimum absolute atomic E-state index is 0.464. The summed E-state index contributed by atoms with van der Waals surface area (Å²) in [6.07, 6.45) is 3.93. The lowest BCUT2D eigenvalue weighted by Crippen LogP contribution is -2.53. The average molecular weight is 259 g/mol. The van der Waals surface area contributed by atoms with Crippen LogP contribution in [0.1, 0.15) is 49.7 Å². The lowest BCUT2D eigenvalue weighted by Gasteiger charge is -2.44. The van der Waals surface area contributed by atoms with Gasteiger partial charge in [0.2, 0.25) is 0 Å². The highest BCUT2D eigenvalue weighted by Gasteiger charge is 2.50. The molecule has 2 unspecified atom stereocenters. The maximum absolute atomic E-state index is 12.1. The predicted molar refractivity (Wildman–Crippen MR) is 74.2 cm³/mol. The number of carboxylic acid groups (broad SMARTS) is 1. The largest absolute Gasteiger partial charge is 0.480 e. The summed E-state index contributed by atoms with van der Waals surface area (Å²) in [6, 6.07) is 8.13. The molecule has 3 heteroatoms. The smallest absolute Gasteiger partial charge is 0.328 e. The van der Waals surface area contributed by atoms with Crippen LogP contribution in [0.25, 0.3) is 0 Å². The SMILES string of the molecule is CC1CCC(C(=O)O)(N2CCCC2)c2ccccc21. The minimum Gasteiger partial charge on any atom is -0.480 e. The lowest BCUT2D eigenvalue weighted by molar-refractivity contribution is -0.153. The Bertz CT molecular complexity index is 493. The monoisotopic (exact) mass is 259 g/mol. The average Bonchev–Trinajstić information content (AvgIpc) is 2.94. The van der Waals surface area contributed by atoms with Gasteiger partial charge in [-0.05, 0) is 55.8 Å². The summed E-state index contributed by atoms with van der Waals surface area (Å²) in [7, 11) is 0. The number of fused-ring (bicyclic) bond motifs is 1. The van der Waals surface area contributed by atoms with E-state index in [0.29, 0.717) is 5.92 Å². The molecular formula is C16H21NO2. The Hall–Kier alpha value is -1.35. The van der Waals surface area contributed by atoms with E-state index in [-0.39, 0.29) is 0 Å². The van der Waals surface area contributed by atoms with E-state index in [0.717, 1.165) is 44.3 Å². The van der Waals surface area contributed by atoms with E-state index in [1.54, 1.807) is 0 Å². The molecule has 1 aliphatic heterocycles. The van der Waals surface area contributed by atoms with Gasteiger partial charge in [-0.25, -0.2) is 4.79 Å². The fourth-order valence-corrected chi connectivity index (χ4v) is 3.80. The van der Waals surface area contributed by atoms with Crippen molar-refractivity contribution in [3.05, 3.63) is 35.4 Å². The van der Waals surface area contributed by atoms with Crippen LogP contribution >= 0.6 is 0 Å². The van der Waals surface area contributed by atoms with Gasteiger partial charge >= 0.3 is 5.97 Å². The Labute approximate surface area is 114 Å². The molecule has 0 aromatic heterocycles. The van der Waals surface area contributed by atoms with Crippen LogP contribution in [-0.2, 0) is 10.3 Å². The molecule has 3 rings (SSSR count). The number of nitrogens with zero attached hydrogens (tertiary/aromatic N) is 1. The van der Waals surface area contributed by atoms with Crippen molar-refractivity contribution in [1.82, 2.24) is 4.90 Å². The fraction of sp³-hybridized carbons (Fsp3) is 0.562. The number of rotatable bonds is 2. The van der Waals surface area contributed by atoms with E-state index in [1.807, 2.05) is 18.2 Å². The van der Waals surface area contributed by atoms with E-state index >= 15 is 0 Å². The van der Waals surface area contributed by atoms with E-state index in [2.05, 4.69) is 17.9 Å². The molecule has 1 heterocycles. The van der Waals surface area contributed by atoms with Crippen molar-refractivity contribution < 1.29 is 9.90 Å². The molecule has 3 nitrogen and oxygen atoms in total. The first-order valence-electron chi connectivity index (χ1n) is 7.24. The Morgan fingerprint density at radius 2 is 2.00 bits per heavy atom. The van der Waals surface area contributed by atoms with Crippen molar-refractivity contribution in [3.63, 3.8) is 0 Å². The molecule has 0 spiro atoms. The van der Waals surface area contributed by atoms with Crippen LogP contribution in [0.3, 0.4) is 0 Å². The lowest BCUT2D eigenvalue weighted by atomic mass is 9.71. The zero-order valence-corrected chi connectivity index (χ0v) is 11.4. The molecule has 0 radical (unpaired) electrons. The van der Waals surface area contributed by atoms with Crippen LogP contribution < -0.4 is 0 Å². The summed E-state index contributed by atoms with van der Waals surface area (Å²) in [5.41, 5.74) is 1.48. The molecule has 102 valence electrons. The van der Waals surface area contributed by atoms with E-state index in [1.165, 1.54) is 5.56 Å². The maximum Gasteiger partial charge on any atom is 0.328 e. The van der Waals surface area contributed by atoms with E-state index in [9.17, 15) is 9.90 Å². The van der Waals surface area contributed by atoms with Crippen molar-refractivity contribution in [2.45, 2.75) is 44.1 Å². The molecule has 0 bridgehead atoms. The fourth-order valence-electron chi connectivity index (χ4n) is 3.80. The van der Waals surface area contributed by atoms with Gasteiger partial charge in [0.1, 0.15) is 5.54 Å². The van der Waals surface area contributed by atoms with Crippen LogP contribution in [0.5, 0.6) is 0 Å². The second kappa shape index (κ2) is 4.64. The van der Waals surface area contributed by atoms with Gasteiger partial charge in [-0.1, -0.05) is 31.2 Å². The van der Waals surface area contributed by atoms with Gasteiger partial charge < -0.3 is 5.11 Å². The second-order valence-electron chi connectivity index (χ2n) is 5.89. The highest BCUT2D eigenvalue weighted by Crippen LogP contribution is 2.46. The Kier molecular flexibility index (Phi) is 3.09. The third-order valence-electron chi connectivity index (χ3n) is 4.88. The normalized spacial score (nSPS) is 31.1. The predicted octanol–water partition coefficient (Wildman–Crippen LogP) is 2.96.